The number of nitrogens with zero attached hydrogens (tertiary/aromatic N) is 2. The van der Waals surface area contributed by atoms with Gasteiger partial charge in [0.15, 0.2) is 0 Å². The van der Waals surface area contributed by atoms with Gasteiger partial charge in [-0.25, -0.2) is 4.98 Å². The Morgan fingerprint density at radius 2 is 1.79 bits per heavy atom. The first-order valence-corrected chi connectivity index (χ1v) is 8.85. The van der Waals surface area contributed by atoms with E-state index in [1.165, 1.54) is 16.9 Å². The number of hydrogen-bond acceptors (Lipinski definition) is 4. The van der Waals surface area contributed by atoms with E-state index in [1.54, 1.807) is 25.8 Å². The van der Waals surface area contributed by atoms with Crippen LogP contribution in [0.25, 0.3) is 0 Å². The van der Waals surface area contributed by atoms with Gasteiger partial charge in [-0.15, -0.1) is 11.3 Å². The van der Waals surface area contributed by atoms with Crippen molar-refractivity contribution >= 4 is 17.2 Å². The summed E-state index contributed by atoms with van der Waals surface area (Å²) in [5.41, 5.74) is 0.730. The lowest BCUT2D eigenvalue weighted by molar-refractivity contribution is 0.0370. The number of carbonyl (C=O) groups excluding carboxylic acids is 1. The van der Waals surface area contributed by atoms with Gasteiger partial charge >= 0.3 is 0 Å². The number of aliphatic hydroxyl groups is 1. The number of carbonyl (C=O) groups is 1. The highest BCUT2D eigenvalue weighted by Gasteiger charge is 2.30. The normalized spacial score (nSPS) is 12.3. The van der Waals surface area contributed by atoms with Gasteiger partial charge in [0.2, 0.25) is 0 Å². The number of thiazole rings is 1. The zero-order chi connectivity index (χ0) is 18.1. The van der Waals surface area contributed by atoms with E-state index in [4.69, 9.17) is 0 Å². The van der Waals surface area contributed by atoms with Gasteiger partial charge < -0.3 is 10.0 Å². The molecule has 0 fully saturated rings. The Labute approximate surface area is 148 Å². The Bertz CT molecular complexity index is 715. The number of benzene rings is 1. The first-order chi connectivity index (χ1) is 11.0. The van der Waals surface area contributed by atoms with Crippen molar-refractivity contribution in [3.05, 3.63) is 51.5 Å². The van der Waals surface area contributed by atoms with Gasteiger partial charge in [0.05, 0.1) is 11.3 Å². The van der Waals surface area contributed by atoms with Gasteiger partial charge in [-0.3, -0.25) is 4.79 Å². The van der Waals surface area contributed by atoms with Crippen molar-refractivity contribution < 1.29 is 9.90 Å². The van der Waals surface area contributed by atoms with Crippen LogP contribution >= 0.6 is 11.3 Å². The molecule has 0 atom stereocenters. The fourth-order valence-corrected chi connectivity index (χ4v) is 3.85. The summed E-state index contributed by atoms with van der Waals surface area (Å²) >= 11 is 1.44. The second-order valence-corrected chi connectivity index (χ2v) is 8.40. The molecule has 1 amide bonds. The third kappa shape index (κ3) is 4.02. The van der Waals surface area contributed by atoms with Crippen LogP contribution in [0.4, 0.5) is 0 Å². The number of rotatable bonds is 5. The standard InChI is InChI=1S/C19H26N2O2S/c1-13-15(16(22)21(6)12-18(2,3)23)24-17(20-13)19(4,5)14-10-8-7-9-11-14/h7-11,23H,12H2,1-6H3. The van der Waals surface area contributed by atoms with Gasteiger partial charge in [-0.05, 0) is 40.2 Å². The van der Waals surface area contributed by atoms with Crippen LogP contribution in [0.1, 0.15) is 53.6 Å². The summed E-state index contributed by atoms with van der Waals surface area (Å²) < 4.78 is 0. The average molecular weight is 346 g/mol. The molecule has 0 bridgehead atoms. The predicted molar refractivity (Wildman–Crippen MR) is 98.7 cm³/mol. The van der Waals surface area contributed by atoms with Crippen LogP contribution < -0.4 is 0 Å². The highest BCUT2D eigenvalue weighted by Crippen LogP contribution is 2.35. The molecule has 2 aromatic rings. The smallest absolute Gasteiger partial charge is 0.265 e. The molecule has 2 rings (SSSR count). The fourth-order valence-electron chi connectivity index (χ4n) is 2.67. The van der Waals surface area contributed by atoms with Gasteiger partial charge in [-0.1, -0.05) is 30.3 Å². The van der Waals surface area contributed by atoms with E-state index in [0.29, 0.717) is 4.88 Å². The average Bonchev–Trinajstić information content (AvgIpc) is 2.88. The molecule has 130 valence electrons. The molecule has 24 heavy (non-hydrogen) atoms. The van der Waals surface area contributed by atoms with E-state index in [1.807, 2.05) is 25.1 Å². The van der Waals surface area contributed by atoms with Crippen LogP contribution in [0.5, 0.6) is 0 Å². The van der Waals surface area contributed by atoms with Crippen LogP contribution in [-0.2, 0) is 5.41 Å². The summed E-state index contributed by atoms with van der Waals surface area (Å²) in [6.45, 7) is 9.78. The molecule has 0 saturated carbocycles. The molecule has 0 aliphatic heterocycles. The molecule has 4 nitrogen and oxygen atoms in total. The lowest BCUT2D eigenvalue weighted by atomic mass is 9.85. The van der Waals surface area contributed by atoms with Gasteiger partial charge in [0.25, 0.3) is 5.91 Å². The molecule has 0 unspecified atom stereocenters. The van der Waals surface area contributed by atoms with E-state index in [9.17, 15) is 9.90 Å². The van der Waals surface area contributed by atoms with E-state index in [2.05, 4.69) is 31.0 Å². The van der Waals surface area contributed by atoms with E-state index >= 15 is 0 Å². The van der Waals surface area contributed by atoms with Crippen molar-refractivity contribution in [1.29, 1.82) is 0 Å². The summed E-state index contributed by atoms with van der Waals surface area (Å²) in [7, 11) is 1.71. The van der Waals surface area contributed by atoms with Gasteiger partial charge in [-0.2, -0.15) is 0 Å². The summed E-state index contributed by atoms with van der Waals surface area (Å²) in [6.07, 6.45) is 0. The van der Waals surface area contributed by atoms with Crippen molar-refractivity contribution in [3.63, 3.8) is 0 Å². The van der Waals surface area contributed by atoms with Crippen molar-refractivity contribution in [1.82, 2.24) is 9.88 Å². The molecule has 5 heteroatoms. The second-order valence-electron chi connectivity index (χ2n) is 7.40. The number of aryl methyl sites for hydroxylation is 1. The van der Waals surface area contributed by atoms with E-state index < -0.39 is 5.60 Å². The van der Waals surface area contributed by atoms with Crippen LogP contribution in [0, 0.1) is 6.92 Å². The minimum Gasteiger partial charge on any atom is -0.389 e. The number of hydrogen-bond donors (Lipinski definition) is 1. The van der Waals surface area contributed by atoms with Gasteiger partial charge in [0, 0.05) is 19.0 Å². The molecule has 1 N–H and O–H groups in total. The number of amides is 1. The molecule has 0 saturated heterocycles. The molecular weight excluding hydrogens is 320 g/mol. The molecule has 1 aromatic heterocycles. The molecule has 0 aliphatic carbocycles. The lowest BCUT2D eigenvalue weighted by Crippen LogP contribution is -2.39. The Hall–Kier alpha value is -1.72. The SMILES string of the molecule is Cc1nc(C(C)(C)c2ccccc2)sc1C(=O)N(C)CC(C)(C)O. The predicted octanol–water partition coefficient (Wildman–Crippen LogP) is 3.62. The molecule has 0 spiro atoms. The summed E-state index contributed by atoms with van der Waals surface area (Å²) in [5.74, 6) is -0.0952. The van der Waals surface area contributed by atoms with Crippen molar-refractivity contribution in [3.8, 4) is 0 Å². The van der Waals surface area contributed by atoms with Crippen LogP contribution in [0.3, 0.4) is 0 Å². The van der Waals surface area contributed by atoms with Crippen molar-refractivity contribution in [2.75, 3.05) is 13.6 Å². The maximum atomic E-state index is 12.7. The van der Waals surface area contributed by atoms with Crippen molar-refractivity contribution in [2.45, 2.75) is 45.6 Å². The van der Waals surface area contributed by atoms with Gasteiger partial charge in [0.1, 0.15) is 9.88 Å². The van der Waals surface area contributed by atoms with Crippen LogP contribution in [0.2, 0.25) is 0 Å². The largest absolute Gasteiger partial charge is 0.389 e. The maximum absolute atomic E-state index is 12.7. The number of aromatic nitrogens is 1. The summed E-state index contributed by atoms with van der Waals surface area (Å²) in [5, 5.41) is 10.9. The Morgan fingerprint density at radius 3 is 2.33 bits per heavy atom. The monoisotopic (exact) mass is 346 g/mol. The molecule has 1 heterocycles. The second kappa shape index (κ2) is 6.65. The van der Waals surface area contributed by atoms with E-state index in [-0.39, 0.29) is 17.9 Å². The highest BCUT2D eigenvalue weighted by molar-refractivity contribution is 7.14. The third-order valence-electron chi connectivity index (χ3n) is 3.99. The first kappa shape index (κ1) is 18.6. The Kier molecular flexibility index (Phi) is 5.16. The Balaban J connectivity index is 2.32. The zero-order valence-corrected chi connectivity index (χ0v) is 16.1. The van der Waals surface area contributed by atoms with E-state index in [0.717, 1.165) is 10.7 Å². The van der Waals surface area contributed by atoms with Crippen LogP contribution in [-0.4, -0.2) is 40.1 Å². The van der Waals surface area contributed by atoms with Crippen molar-refractivity contribution in [2.24, 2.45) is 0 Å². The summed E-state index contributed by atoms with van der Waals surface area (Å²) in [6, 6.07) is 10.2. The lowest BCUT2D eigenvalue weighted by Gasteiger charge is -2.25. The Morgan fingerprint density at radius 1 is 1.21 bits per heavy atom. The third-order valence-corrected chi connectivity index (χ3v) is 5.46. The maximum Gasteiger partial charge on any atom is 0.265 e. The molecular formula is C19H26N2O2S. The minimum absolute atomic E-state index is 0.0952. The fraction of sp³-hybridized carbons (Fsp3) is 0.474. The quantitative estimate of drug-likeness (QED) is 0.899. The highest BCUT2D eigenvalue weighted by atomic mass is 32.1. The molecule has 0 radical (unpaired) electrons. The molecule has 1 aromatic carbocycles. The number of likely N-dealkylation sites (N-methyl/N-ethyl adjacent to an activating group) is 1. The topological polar surface area (TPSA) is 53.4 Å². The minimum atomic E-state index is -0.921. The zero-order valence-electron chi connectivity index (χ0n) is 15.3. The van der Waals surface area contributed by atoms with Crippen LogP contribution in [0.15, 0.2) is 30.3 Å². The first-order valence-electron chi connectivity index (χ1n) is 8.03. The summed E-state index contributed by atoms with van der Waals surface area (Å²) in [4.78, 5) is 19.6. The molecule has 0 aliphatic rings.